The zero-order valence-corrected chi connectivity index (χ0v) is 15.8. The first-order valence-electron chi connectivity index (χ1n) is 9.18. The number of fused-ring (bicyclic) bond motifs is 2. The third-order valence-electron chi connectivity index (χ3n) is 4.71. The van der Waals surface area contributed by atoms with Crippen LogP contribution in [0, 0.1) is 6.92 Å². The molecule has 142 valence electrons. The number of nitrogens with zero attached hydrogens (tertiary/aromatic N) is 2. The van der Waals surface area contributed by atoms with Crippen molar-refractivity contribution in [1.29, 1.82) is 0 Å². The van der Waals surface area contributed by atoms with Gasteiger partial charge in [0.25, 0.3) is 0 Å². The summed E-state index contributed by atoms with van der Waals surface area (Å²) < 4.78 is 12.6. The van der Waals surface area contributed by atoms with Crippen molar-refractivity contribution in [2.75, 3.05) is 0 Å². The lowest BCUT2D eigenvalue weighted by Crippen LogP contribution is -2.16. The summed E-state index contributed by atoms with van der Waals surface area (Å²) in [5, 5.41) is 0.764. The number of hydrogen-bond acceptors (Lipinski definition) is 5. The number of benzene rings is 2. The molecule has 0 saturated heterocycles. The minimum atomic E-state index is -0.460. The number of para-hydroxylation sites is 2. The van der Waals surface area contributed by atoms with Gasteiger partial charge >= 0.3 is 11.6 Å². The molecule has 4 rings (SSSR count). The maximum atomic E-state index is 12.5. The lowest BCUT2D eigenvalue weighted by atomic mass is 10.1. The summed E-state index contributed by atoms with van der Waals surface area (Å²) in [4.78, 5) is 28.9. The van der Waals surface area contributed by atoms with E-state index in [0.29, 0.717) is 17.6 Å². The summed E-state index contributed by atoms with van der Waals surface area (Å²) in [6.07, 6.45) is 0.714. The molecule has 0 saturated carbocycles. The van der Waals surface area contributed by atoms with Gasteiger partial charge in [0.15, 0.2) is 0 Å². The van der Waals surface area contributed by atoms with Crippen LogP contribution in [0.2, 0.25) is 0 Å². The van der Waals surface area contributed by atoms with Gasteiger partial charge in [0.05, 0.1) is 11.0 Å². The molecule has 0 N–H and O–H groups in total. The number of aromatic nitrogens is 2. The van der Waals surface area contributed by atoms with Gasteiger partial charge in [-0.15, -0.1) is 0 Å². The molecule has 0 atom stereocenters. The molecule has 0 aliphatic rings. The predicted octanol–water partition coefficient (Wildman–Crippen LogP) is 3.76. The van der Waals surface area contributed by atoms with Crippen LogP contribution in [0.3, 0.4) is 0 Å². The van der Waals surface area contributed by atoms with Gasteiger partial charge in [-0.05, 0) is 30.7 Å². The molecule has 0 bridgehead atoms. The summed E-state index contributed by atoms with van der Waals surface area (Å²) >= 11 is 0. The molecule has 0 unspecified atom stereocenters. The molecule has 2 aromatic carbocycles. The number of carbonyl (C=O) groups excluding carboxylic acids is 1. The fourth-order valence-corrected chi connectivity index (χ4v) is 3.36. The molecule has 4 aromatic rings. The highest BCUT2D eigenvalue weighted by Crippen LogP contribution is 2.20. The maximum Gasteiger partial charge on any atom is 0.336 e. The van der Waals surface area contributed by atoms with Crippen molar-refractivity contribution >= 4 is 28.0 Å². The molecule has 0 fully saturated rings. The molecule has 28 heavy (non-hydrogen) atoms. The van der Waals surface area contributed by atoms with E-state index in [0.717, 1.165) is 27.8 Å². The first kappa shape index (κ1) is 18.0. The summed E-state index contributed by atoms with van der Waals surface area (Å²) in [5.74, 6) is 0.450. The summed E-state index contributed by atoms with van der Waals surface area (Å²) in [5.41, 5.74) is 3.41. The van der Waals surface area contributed by atoms with Crippen LogP contribution in [0.15, 0.2) is 57.7 Å². The SMILES string of the molecule is CCc1nc2ccccc2n1CC(=O)OCc1cc(=O)oc2cc(C)ccc12. The average molecular weight is 376 g/mol. The number of ether oxygens (including phenoxy) is 1. The van der Waals surface area contributed by atoms with Crippen LogP contribution >= 0.6 is 0 Å². The van der Waals surface area contributed by atoms with Crippen LogP contribution < -0.4 is 5.63 Å². The monoisotopic (exact) mass is 376 g/mol. The third-order valence-corrected chi connectivity index (χ3v) is 4.71. The van der Waals surface area contributed by atoms with Crippen molar-refractivity contribution in [2.45, 2.75) is 33.4 Å². The standard InChI is InChI=1S/C22H20N2O4/c1-3-20-23-17-6-4-5-7-18(17)24(20)12-22(26)27-13-15-11-21(25)28-19-10-14(2)8-9-16(15)19/h4-11H,3,12-13H2,1-2H3. The van der Waals surface area contributed by atoms with E-state index in [2.05, 4.69) is 4.98 Å². The Morgan fingerprint density at radius 3 is 2.82 bits per heavy atom. The van der Waals surface area contributed by atoms with Crippen LogP contribution in [0.25, 0.3) is 22.0 Å². The molecule has 0 aliphatic carbocycles. The minimum absolute atomic E-state index is 0.0120. The van der Waals surface area contributed by atoms with Crippen molar-refractivity contribution in [3.05, 3.63) is 75.9 Å². The Morgan fingerprint density at radius 1 is 1.18 bits per heavy atom. The largest absolute Gasteiger partial charge is 0.459 e. The molecule has 0 spiro atoms. The van der Waals surface area contributed by atoms with E-state index in [9.17, 15) is 9.59 Å². The lowest BCUT2D eigenvalue weighted by Gasteiger charge is -2.10. The summed E-state index contributed by atoms with van der Waals surface area (Å²) in [6, 6.07) is 14.7. The predicted molar refractivity (Wildman–Crippen MR) is 106 cm³/mol. The van der Waals surface area contributed by atoms with Gasteiger partial charge in [0.2, 0.25) is 0 Å². The Labute approximate surface area is 161 Å². The molecular formula is C22H20N2O4. The molecular weight excluding hydrogens is 356 g/mol. The highest BCUT2D eigenvalue weighted by Gasteiger charge is 2.14. The van der Waals surface area contributed by atoms with E-state index < -0.39 is 5.63 Å². The minimum Gasteiger partial charge on any atom is -0.459 e. The molecule has 6 nitrogen and oxygen atoms in total. The average Bonchev–Trinajstić information content (AvgIpc) is 3.03. The highest BCUT2D eigenvalue weighted by atomic mass is 16.5. The van der Waals surface area contributed by atoms with E-state index in [1.807, 2.05) is 54.8 Å². The molecule has 0 amide bonds. The topological polar surface area (TPSA) is 74.3 Å². The summed E-state index contributed by atoms with van der Waals surface area (Å²) in [7, 11) is 0. The number of carbonyl (C=O) groups is 1. The van der Waals surface area contributed by atoms with Gasteiger partial charge in [-0.25, -0.2) is 9.78 Å². The normalized spacial score (nSPS) is 11.2. The van der Waals surface area contributed by atoms with Gasteiger partial charge in [0.1, 0.15) is 24.6 Å². The second-order valence-electron chi connectivity index (χ2n) is 6.71. The quantitative estimate of drug-likeness (QED) is 0.392. The Morgan fingerprint density at radius 2 is 2.00 bits per heavy atom. The fourth-order valence-electron chi connectivity index (χ4n) is 3.36. The van der Waals surface area contributed by atoms with E-state index in [4.69, 9.17) is 9.15 Å². The van der Waals surface area contributed by atoms with Gasteiger partial charge in [0, 0.05) is 23.4 Å². The Balaban J connectivity index is 1.56. The second kappa shape index (κ2) is 7.31. The van der Waals surface area contributed by atoms with Crippen LogP contribution in [-0.2, 0) is 29.1 Å². The van der Waals surface area contributed by atoms with Crippen LogP contribution in [0.5, 0.6) is 0 Å². The van der Waals surface area contributed by atoms with Gasteiger partial charge in [-0.2, -0.15) is 0 Å². The van der Waals surface area contributed by atoms with Crippen LogP contribution in [0.1, 0.15) is 23.9 Å². The Kier molecular flexibility index (Phi) is 4.69. The molecule has 0 aliphatic heterocycles. The summed E-state index contributed by atoms with van der Waals surface area (Å²) in [6.45, 7) is 4.01. The first-order valence-corrected chi connectivity index (χ1v) is 9.18. The van der Waals surface area contributed by atoms with E-state index in [-0.39, 0.29) is 19.1 Å². The van der Waals surface area contributed by atoms with Crippen molar-refractivity contribution in [3.63, 3.8) is 0 Å². The second-order valence-corrected chi connectivity index (χ2v) is 6.71. The number of aryl methyl sites for hydroxylation is 2. The van der Waals surface area contributed by atoms with Crippen molar-refractivity contribution in [2.24, 2.45) is 0 Å². The fraction of sp³-hybridized carbons (Fsp3) is 0.227. The van der Waals surface area contributed by atoms with Crippen LogP contribution in [0.4, 0.5) is 0 Å². The number of rotatable bonds is 5. The van der Waals surface area contributed by atoms with Gasteiger partial charge in [-0.3, -0.25) is 4.79 Å². The number of esters is 1. The van der Waals surface area contributed by atoms with E-state index in [1.165, 1.54) is 6.07 Å². The maximum absolute atomic E-state index is 12.5. The van der Waals surface area contributed by atoms with Crippen molar-refractivity contribution in [1.82, 2.24) is 9.55 Å². The number of imidazole rings is 1. The Bertz CT molecular complexity index is 1240. The molecule has 6 heteroatoms. The number of hydrogen-bond donors (Lipinski definition) is 0. The molecule has 2 heterocycles. The van der Waals surface area contributed by atoms with Crippen molar-refractivity contribution in [3.8, 4) is 0 Å². The highest BCUT2D eigenvalue weighted by molar-refractivity contribution is 5.81. The third kappa shape index (κ3) is 3.41. The van der Waals surface area contributed by atoms with Gasteiger partial charge in [-0.1, -0.05) is 31.2 Å². The zero-order chi connectivity index (χ0) is 19.7. The lowest BCUT2D eigenvalue weighted by molar-refractivity contribution is -0.145. The van der Waals surface area contributed by atoms with Gasteiger partial charge < -0.3 is 13.7 Å². The van der Waals surface area contributed by atoms with Crippen LogP contribution in [-0.4, -0.2) is 15.5 Å². The van der Waals surface area contributed by atoms with E-state index in [1.54, 1.807) is 6.07 Å². The smallest absolute Gasteiger partial charge is 0.336 e. The molecule has 2 aromatic heterocycles. The van der Waals surface area contributed by atoms with Crippen molar-refractivity contribution < 1.29 is 13.9 Å². The molecule has 0 radical (unpaired) electrons. The van der Waals surface area contributed by atoms with E-state index >= 15 is 0 Å². The zero-order valence-electron chi connectivity index (χ0n) is 15.8. The Hall–Kier alpha value is -3.41. The first-order chi connectivity index (χ1) is 13.5.